The summed E-state index contributed by atoms with van der Waals surface area (Å²) >= 11 is 0. The van der Waals surface area contributed by atoms with E-state index in [9.17, 15) is 0 Å². The summed E-state index contributed by atoms with van der Waals surface area (Å²) < 4.78 is 6.41. The fourth-order valence-electron chi connectivity index (χ4n) is 3.45. The molecule has 0 saturated carbocycles. The molecule has 8 nitrogen and oxygen atoms in total. The van der Waals surface area contributed by atoms with Gasteiger partial charge < -0.3 is 14.5 Å². The van der Waals surface area contributed by atoms with Gasteiger partial charge in [0.25, 0.3) is 0 Å². The molecule has 0 amide bonds. The van der Waals surface area contributed by atoms with E-state index >= 15 is 0 Å². The van der Waals surface area contributed by atoms with Crippen molar-refractivity contribution in [2.75, 3.05) is 6.54 Å². The van der Waals surface area contributed by atoms with E-state index in [1.54, 1.807) is 0 Å². The van der Waals surface area contributed by atoms with Gasteiger partial charge in [0.1, 0.15) is 11.5 Å². The van der Waals surface area contributed by atoms with E-state index < -0.39 is 0 Å². The highest BCUT2D eigenvalue weighted by atomic mass is 15.3. The van der Waals surface area contributed by atoms with Crippen LogP contribution in [-0.4, -0.2) is 40.6 Å². The number of nitrogens with one attached hydrogen (secondary N) is 1. The molecule has 0 unspecified atom stereocenters. The zero-order chi connectivity index (χ0) is 15.2. The van der Waals surface area contributed by atoms with E-state index in [2.05, 4.69) is 40.4 Å². The molecule has 23 heavy (non-hydrogen) atoms. The second-order valence-corrected chi connectivity index (χ2v) is 6.09. The lowest BCUT2D eigenvalue weighted by Gasteiger charge is -2.13. The number of hydrogen-bond acceptors (Lipinski definition) is 5. The Balaban J connectivity index is 1.49. The summed E-state index contributed by atoms with van der Waals surface area (Å²) in [6.07, 6.45) is 6.01. The first-order valence-corrected chi connectivity index (χ1v) is 8.08. The van der Waals surface area contributed by atoms with Gasteiger partial charge in [-0.1, -0.05) is 0 Å². The molecular formula is C15H18N8. The Kier molecular flexibility index (Phi) is 2.84. The maximum Gasteiger partial charge on any atom is 0.160 e. The van der Waals surface area contributed by atoms with Crippen LogP contribution < -0.4 is 5.32 Å². The van der Waals surface area contributed by atoms with Gasteiger partial charge in [0.05, 0.1) is 18.8 Å². The maximum absolute atomic E-state index is 4.71. The Morgan fingerprint density at radius 1 is 1.22 bits per heavy atom. The number of aromatic nitrogens is 7. The predicted octanol–water partition coefficient (Wildman–Crippen LogP) is 0.436. The first-order valence-electron chi connectivity index (χ1n) is 8.08. The molecule has 0 aromatic carbocycles. The molecule has 5 heterocycles. The Bertz CT molecular complexity index is 831. The average molecular weight is 310 g/mol. The van der Waals surface area contributed by atoms with Crippen molar-refractivity contribution in [2.45, 2.75) is 39.0 Å². The van der Waals surface area contributed by atoms with Crippen molar-refractivity contribution < 1.29 is 0 Å². The Morgan fingerprint density at radius 2 is 2.22 bits per heavy atom. The van der Waals surface area contributed by atoms with Crippen LogP contribution in [0.1, 0.15) is 23.8 Å². The van der Waals surface area contributed by atoms with Crippen LogP contribution in [0, 0.1) is 0 Å². The van der Waals surface area contributed by atoms with Crippen molar-refractivity contribution in [3.05, 3.63) is 35.8 Å². The second kappa shape index (κ2) is 5.02. The molecule has 8 heteroatoms. The first-order chi connectivity index (χ1) is 11.4. The van der Waals surface area contributed by atoms with Crippen LogP contribution in [0.3, 0.4) is 0 Å². The molecule has 2 aliphatic rings. The summed E-state index contributed by atoms with van der Waals surface area (Å²) in [6, 6.07) is 2.12. The Hall–Kier alpha value is -2.48. The lowest BCUT2D eigenvalue weighted by atomic mass is 10.3. The first kappa shape index (κ1) is 13.0. The van der Waals surface area contributed by atoms with E-state index in [1.807, 2.05) is 12.4 Å². The Morgan fingerprint density at radius 3 is 3.17 bits per heavy atom. The lowest BCUT2D eigenvalue weighted by molar-refractivity contribution is 0.476. The fourth-order valence-corrected chi connectivity index (χ4v) is 3.45. The molecule has 3 aromatic rings. The number of rotatable bonds is 3. The van der Waals surface area contributed by atoms with Crippen LogP contribution in [0.25, 0.3) is 11.5 Å². The van der Waals surface area contributed by atoms with E-state index in [0.717, 1.165) is 62.2 Å². The van der Waals surface area contributed by atoms with Gasteiger partial charge in [0, 0.05) is 38.4 Å². The van der Waals surface area contributed by atoms with Crippen molar-refractivity contribution in [1.29, 1.82) is 0 Å². The molecule has 0 fully saturated rings. The van der Waals surface area contributed by atoms with E-state index in [0.29, 0.717) is 6.54 Å². The van der Waals surface area contributed by atoms with Crippen LogP contribution in [0.15, 0.2) is 18.5 Å². The third-order valence-electron chi connectivity index (χ3n) is 4.61. The molecular weight excluding hydrogens is 292 g/mol. The zero-order valence-corrected chi connectivity index (χ0v) is 12.8. The molecule has 118 valence electrons. The number of nitrogens with zero attached hydrogens (tertiary/aromatic N) is 7. The van der Waals surface area contributed by atoms with E-state index in [1.165, 1.54) is 5.69 Å². The minimum atomic E-state index is 0.683. The van der Waals surface area contributed by atoms with Crippen LogP contribution in [0.2, 0.25) is 0 Å². The van der Waals surface area contributed by atoms with Gasteiger partial charge >= 0.3 is 0 Å². The lowest BCUT2D eigenvalue weighted by Crippen LogP contribution is -2.28. The van der Waals surface area contributed by atoms with Crippen molar-refractivity contribution in [3.8, 4) is 11.5 Å². The minimum Gasteiger partial charge on any atom is -0.322 e. The molecule has 0 radical (unpaired) electrons. The van der Waals surface area contributed by atoms with Gasteiger partial charge in [-0.2, -0.15) is 5.10 Å². The van der Waals surface area contributed by atoms with E-state index in [-0.39, 0.29) is 0 Å². The third-order valence-corrected chi connectivity index (χ3v) is 4.61. The SMILES string of the molecule is c1cn(Cc2nnc3n2CCC3)c(-c2cc3n(n2)CCNC3)n1. The summed E-state index contributed by atoms with van der Waals surface area (Å²) in [4.78, 5) is 4.51. The highest BCUT2D eigenvalue weighted by Gasteiger charge is 2.20. The fraction of sp³-hybridized carbons (Fsp3) is 0.467. The van der Waals surface area contributed by atoms with Crippen LogP contribution in [0.4, 0.5) is 0 Å². The predicted molar refractivity (Wildman–Crippen MR) is 82.6 cm³/mol. The summed E-state index contributed by atoms with van der Waals surface area (Å²) in [7, 11) is 0. The maximum atomic E-state index is 4.71. The Labute approximate surface area is 133 Å². The van der Waals surface area contributed by atoms with Crippen LogP contribution in [0.5, 0.6) is 0 Å². The molecule has 5 rings (SSSR count). The molecule has 0 aliphatic carbocycles. The zero-order valence-electron chi connectivity index (χ0n) is 12.8. The monoisotopic (exact) mass is 310 g/mol. The topological polar surface area (TPSA) is 78.4 Å². The van der Waals surface area contributed by atoms with Crippen LogP contribution >= 0.6 is 0 Å². The summed E-state index contributed by atoms with van der Waals surface area (Å²) in [5.74, 6) is 3.00. The van der Waals surface area contributed by atoms with Gasteiger partial charge in [-0.05, 0) is 12.5 Å². The largest absolute Gasteiger partial charge is 0.322 e. The van der Waals surface area contributed by atoms with Gasteiger partial charge in [-0.15, -0.1) is 10.2 Å². The molecule has 2 aliphatic heterocycles. The average Bonchev–Trinajstić information content (AvgIpc) is 3.32. The molecule has 0 bridgehead atoms. The molecule has 0 spiro atoms. The summed E-state index contributed by atoms with van der Waals surface area (Å²) in [5.41, 5.74) is 2.14. The van der Waals surface area contributed by atoms with Gasteiger partial charge in [-0.25, -0.2) is 4.98 Å². The van der Waals surface area contributed by atoms with Crippen molar-refractivity contribution in [3.63, 3.8) is 0 Å². The van der Waals surface area contributed by atoms with Crippen molar-refractivity contribution >= 4 is 0 Å². The molecule has 1 N–H and O–H groups in total. The number of imidazole rings is 1. The second-order valence-electron chi connectivity index (χ2n) is 6.09. The number of aryl methyl sites for hydroxylation is 1. The molecule has 0 atom stereocenters. The normalized spacial score (nSPS) is 16.5. The smallest absolute Gasteiger partial charge is 0.160 e. The quantitative estimate of drug-likeness (QED) is 0.759. The third kappa shape index (κ3) is 2.09. The standard InChI is InChI=1S/C15H18N8/c1-2-13-18-19-14(22(13)5-1)10-21-6-4-17-15(21)12-8-11-9-16-3-7-23(11)20-12/h4,6,8,16H,1-3,5,7,9-10H2. The summed E-state index contributed by atoms with van der Waals surface area (Å²) in [5, 5.41) is 16.7. The minimum absolute atomic E-state index is 0.683. The summed E-state index contributed by atoms with van der Waals surface area (Å²) in [6.45, 7) is 4.45. The van der Waals surface area contributed by atoms with Crippen molar-refractivity contribution in [1.82, 2.24) is 39.4 Å². The highest BCUT2D eigenvalue weighted by molar-refractivity contribution is 5.50. The van der Waals surface area contributed by atoms with Gasteiger partial charge in [-0.3, -0.25) is 4.68 Å². The van der Waals surface area contributed by atoms with Gasteiger partial charge in [0.15, 0.2) is 11.6 Å². The highest BCUT2D eigenvalue weighted by Crippen LogP contribution is 2.21. The van der Waals surface area contributed by atoms with Crippen LogP contribution in [-0.2, 0) is 32.6 Å². The van der Waals surface area contributed by atoms with Crippen molar-refractivity contribution in [2.24, 2.45) is 0 Å². The number of hydrogen-bond donors (Lipinski definition) is 1. The molecule has 0 saturated heterocycles. The molecule has 3 aromatic heterocycles. The van der Waals surface area contributed by atoms with E-state index in [4.69, 9.17) is 5.10 Å². The van der Waals surface area contributed by atoms with Gasteiger partial charge in [0.2, 0.25) is 0 Å². The number of fused-ring (bicyclic) bond motifs is 2.